The van der Waals surface area contributed by atoms with Crippen LogP contribution in [0, 0.1) is 5.82 Å². The molecule has 4 rings (SSSR count). The fourth-order valence-electron chi connectivity index (χ4n) is 3.79. The highest BCUT2D eigenvalue weighted by atomic mass is 19.1. The van der Waals surface area contributed by atoms with E-state index >= 15 is 0 Å². The van der Waals surface area contributed by atoms with E-state index in [1.54, 1.807) is 30.6 Å². The van der Waals surface area contributed by atoms with Crippen molar-refractivity contribution in [1.82, 2.24) is 15.0 Å². The average molecular weight is 516 g/mol. The standard InChI is InChI=1S/C29H30FN5O3/c1-2-37-17-18-38-28(36)19-25(22-8-10-23(30)11-9-22)26-14-16-32-29(35-26)34-24-12-6-21(7-13-24)20-33-27-5-3-4-15-31-27/h3-16,25H,2,17-20H2,1H3,(H,31,33)(H,32,34,35). The normalized spacial score (nSPS) is 11.5. The Morgan fingerprint density at radius 1 is 0.947 bits per heavy atom. The second kappa shape index (κ2) is 13.8. The van der Waals surface area contributed by atoms with Crippen molar-refractivity contribution < 1.29 is 18.7 Å². The van der Waals surface area contributed by atoms with E-state index < -0.39 is 5.92 Å². The summed E-state index contributed by atoms with van der Waals surface area (Å²) in [6.45, 7) is 3.58. The predicted octanol–water partition coefficient (Wildman–Crippen LogP) is 5.47. The molecule has 38 heavy (non-hydrogen) atoms. The molecule has 0 bridgehead atoms. The van der Waals surface area contributed by atoms with E-state index in [-0.39, 0.29) is 24.8 Å². The molecular weight excluding hydrogens is 485 g/mol. The number of aromatic nitrogens is 3. The SMILES string of the molecule is CCOCCOC(=O)CC(c1ccc(F)cc1)c1ccnc(Nc2ccc(CNc3ccccn3)cc2)n1. The van der Waals surface area contributed by atoms with Gasteiger partial charge in [0.2, 0.25) is 5.95 Å². The lowest BCUT2D eigenvalue weighted by atomic mass is 9.92. The van der Waals surface area contributed by atoms with Crippen molar-refractivity contribution in [2.75, 3.05) is 30.5 Å². The van der Waals surface area contributed by atoms with Gasteiger partial charge in [0, 0.05) is 37.2 Å². The Morgan fingerprint density at radius 3 is 2.50 bits per heavy atom. The zero-order chi connectivity index (χ0) is 26.6. The lowest BCUT2D eigenvalue weighted by Crippen LogP contribution is -2.16. The van der Waals surface area contributed by atoms with Crippen LogP contribution in [0.1, 0.15) is 36.1 Å². The number of benzene rings is 2. The van der Waals surface area contributed by atoms with Gasteiger partial charge in [0.25, 0.3) is 0 Å². The highest BCUT2D eigenvalue weighted by Crippen LogP contribution is 2.28. The first-order valence-electron chi connectivity index (χ1n) is 12.4. The minimum Gasteiger partial charge on any atom is -0.463 e. The van der Waals surface area contributed by atoms with Crippen molar-refractivity contribution in [1.29, 1.82) is 0 Å². The second-order valence-corrected chi connectivity index (χ2v) is 8.42. The zero-order valence-corrected chi connectivity index (χ0v) is 21.1. The Bertz CT molecular complexity index is 1290. The third-order valence-corrected chi connectivity index (χ3v) is 5.72. The molecule has 1 unspecified atom stereocenters. The maximum absolute atomic E-state index is 13.6. The van der Waals surface area contributed by atoms with Crippen molar-refractivity contribution >= 4 is 23.4 Å². The van der Waals surface area contributed by atoms with Crippen LogP contribution in [0.5, 0.6) is 0 Å². The molecule has 0 fully saturated rings. The minimum atomic E-state index is -0.432. The van der Waals surface area contributed by atoms with Crippen LogP contribution < -0.4 is 10.6 Å². The van der Waals surface area contributed by atoms with Gasteiger partial charge in [-0.1, -0.05) is 30.3 Å². The molecule has 0 aliphatic carbocycles. The molecule has 0 radical (unpaired) electrons. The average Bonchev–Trinajstić information content (AvgIpc) is 2.95. The Morgan fingerprint density at radius 2 is 1.76 bits per heavy atom. The molecule has 196 valence electrons. The number of carbonyl (C=O) groups is 1. The summed E-state index contributed by atoms with van der Waals surface area (Å²) >= 11 is 0. The summed E-state index contributed by atoms with van der Waals surface area (Å²) in [5.74, 6) is 0.0313. The van der Waals surface area contributed by atoms with Crippen molar-refractivity contribution in [2.24, 2.45) is 0 Å². The van der Waals surface area contributed by atoms with Crippen LogP contribution in [0.4, 0.5) is 21.8 Å². The number of nitrogens with one attached hydrogen (secondary N) is 2. The van der Waals surface area contributed by atoms with Crippen LogP contribution in [0.25, 0.3) is 0 Å². The van der Waals surface area contributed by atoms with Crippen LogP contribution in [-0.2, 0) is 20.8 Å². The number of carbonyl (C=O) groups excluding carboxylic acids is 1. The smallest absolute Gasteiger partial charge is 0.306 e. The van der Waals surface area contributed by atoms with Crippen molar-refractivity contribution in [2.45, 2.75) is 25.8 Å². The van der Waals surface area contributed by atoms with Gasteiger partial charge in [-0.15, -0.1) is 0 Å². The van der Waals surface area contributed by atoms with Gasteiger partial charge in [0.15, 0.2) is 0 Å². The first kappa shape index (κ1) is 26.7. The van der Waals surface area contributed by atoms with Crippen LogP contribution >= 0.6 is 0 Å². The number of hydrogen-bond donors (Lipinski definition) is 2. The zero-order valence-electron chi connectivity index (χ0n) is 21.1. The van der Waals surface area contributed by atoms with Crippen LogP contribution in [0.15, 0.2) is 85.2 Å². The van der Waals surface area contributed by atoms with Gasteiger partial charge in [-0.25, -0.2) is 19.3 Å². The van der Waals surface area contributed by atoms with Gasteiger partial charge < -0.3 is 20.1 Å². The number of rotatable bonds is 13. The number of hydrogen-bond acceptors (Lipinski definition) is 8. The van der Waals surface area contributed by atoms with Gasteiger partial charge in [0.1, 0.15) is 18.2 Å². The van der Waals surface area contributed by atoms with Crippen LogP contribution in [-0.4, -0.2) is 40.7 Å². The molecular formula is C29H30FN5O3. The molecule has 0 saturated carbocycles. The molecule has 2 N–H and O–H groups in total. The van der Waals surface area contributed by atoms with Gasteiger partial charge in [-0.3, -0.25) is 4.79 Å². The number of halogens is 1. The summed E-state index contributed by atoms with van der Waals surface area (Å²) in [7, 11) is 0. The maximum Gasteiger partial charge on any atom is 0.306 e. The van der Waals surface area contributed by atoms with Crippen LogP contribution in [0.3, 0.4) is 0 Å². The number of esters is 1. The van der Waals surface area contributed by atoms with E-state index in [9.17, 15) is 9.18 Å². The molecule has 2 aromatic carbocycles. The molecule has 0 saturated heterocycles. The lowest BCUT2D eigenvalue weighted by Gasteiger charge is -2.17. The van der Waals surface area contributed by atoms with E-state index in [2.05, 4.69) is 25.6 Å². The Kier molecular flexibility index (Phi) is 9.69. The second-order valence-electron chi connectivity index (χ2n) is 8.42. The number of anilines is 3. The van der Waals surface area contributed by atoms with Crippen molar-refractivity contribution in [3.8, 4) is 0 Å². The van der Waals surface area contributed by atoms with Gasteiger partial charge >= 0.3 is 5.97 Å². The first-order chi connectivity index (χ1) is 18.6. The monoisotopic (exact) mass is 515 g/mol. The highest BCUT2D eigenvalue weighted by molar-refractivity contribution is 5.71. The summed E-state index contributed by atoms with van der Waals surface area (Å²) < 4.78 is 24.1. The van der Waals surface area contributed by atoms with Crippen LogP contribution in [0.2, 0.25) is 0 Å². The summed E-state index contributed by atoms with van der Waals surface area (Å²) in [5, 5.41) is 6.49. The fraction of sp³-hybridized carbons (Fsp3) is 0.241. The van der Waals surface area contributed by atoms with E-state index in [0.29, 0.717) is 31.4 Å². The predicted molar refractivity (Wildman–Crippen MR) is 144 cm³/mol. The first-order valence-corrected chi connectivity index (χ1v) is 12.4. The largest absolute Gasteiger partial charge is 0.463 e. The topological polar surface area (TPSA) is 98.3 Å². The number of ether oxygens (including phenoxy) is 2. The van der Waals surface area contributed by atoms with E-state index in [0.717, 1.165) is 22.6 Å². The molecule has 2 heterocycles. The van der Waals surface area contributed by atoms with E-state index in [1.165, 1.54) is 12.1 Å². The summed E-state index contributed by atoms with van der Waals surface area (Å²) in [5.41, 5.74) is 3.28. The molecule has 0 aliphatic heterocycles. The molecule has 0 aliphatic rings. The van der Waals surface area contributed by atoms with Crippen molar-refractivity contribution in [3.63, 3.8) is 0 Å². The molecule has 0 spiro atoms. The third-order valence-electron chi connectivity index (χ3n) is 5.72. The molecule has 2 aromatic heterocycles. The quantitative estimate of drug-likeness (QED) is 0.179. The lowest BCUT2D eigenvalue weighted by molar-refractivity contribution is -0.145. The summed E-state index contributed by atoms with van der Waals surface area (Å²) in [6, 6.07) is 21.4. The molecule has 1 atom stereocenters. The highest BCUT2D eigenvalue weighted by Gasteiger charge is 2.21. The summed E-state index contributed by atoms with van der Waals surface area (Å²) in [6.07, 6.45) is 3.43. The van der Waals surface area contributed by atoms with Crippen molar-refractivity contribution in [3.05, 3.63) is 108 Å². The Hall–Kier alpha value is -4.37. The molecule has 0 amide bonds. The third kappa shape index (κ3) is 8.07. The van der Waals surface area contributed by atoms with Gasteiger partial charge in [0.05, 0.1) is 18.7 Å². The number of nitrogens with zero attached hydrogens (tertiary/aromatic N) is 3. The minimum absolute atomic E-state index is 0.0478. The van der Waals surface area contributed by atoms with Gasteiger partial charge in [-0.05, 0) is 60.5 Å². The number of pyridine rings is 1. The van der Waals surface area contributed by atoms with Gasteiger partial charge in [-0.2, -0.15) is 0 Å². The summed E-state index contributed by atoms with van der Waals surface area (Å²) in [4.78, 5) is 25.8. The van der Waals surface area contributed by atoms with E-state index in [4.69, 9.17) is 9.47 Å². The Balaban J connectivity index is 1.44. The maximum atomic E-state index is 13.6. The Labute approximate surface area is 221 Å². The molecule has 8 nitrogen and oxygen atoms in total. The molecule has 4 aromatic rings. The molecule has 9 heteroatoms. The fourth-order valence-corrected chi connectivity index (χ4v) is 3.79. The van der Waals surface area contributed by atoms with E-state index in [1.807, 2.05) is 49.4 Å².